The van der Waals surface area contributed by atoms with Crippen LogP contribution in [0.5, 0.6) is 5.75 Å². The minimum absolute atomic E-state index is 0.00542. The van der Waals surface area contributed by atoms with Gasteiger partial charge in [-0.15, -0.1) is 0 Å². The number of unbranched alkanes of at least 4 members (excludes halogenated alkanes) is 9. The smallest absolute Gasteiger partial charge is 0.338 e. The average Bonchev–Trinajstić information content (AvgIpc) is 3.28. The van der Waals surface area contributed by atoms with Crippen LogP contribution in [0.1, 0.15) is 98.8 Å². The van der Waals surface area contributed by atoms with Crippen LogP contribution in [0.25, 0.3) is 0 Å². The number of hydrogen-bond acceptors (Lipinski definition) is 8. The maximum absolute atomic E-state index is 13.7. The number of Topliss-reactive ketones (excluding diaryl/α,β-unsaturated/α-hetero) is 1. The number of nitrogens with zero attached hydrogens (tertiary/aromatic N) is 1. The summed E-state index contributed by atoms with van der Waals surface area (Å²) in [6.45, 7) is 3.77. The fraction of sp³-hybridized carbons (Fsp3) is 0.500. The number of urea groups is 1. The Morgan fingerprint density at radius 1 is 0.891 bits per heavy atom. The third-order valence-corrected chi connectivity index (χ3v) is 8.25. The lowest BCUT2D eigenvalue weighted by Crippen LogP contribution is -2.53. The Labute approximate surface area is 275 Å². The molecule has 11 nitrogen and oxygen atoms in total. The minimum Gasteiger partial charge on any atom is -0.497 e. The molecule has 0 bridgehead atoms. The number of carbonyl (C=O) groups is 5. The Morgan fingerprint density at radius 3 is 2.04 bits per heavy atom. The van der Waals surface area contributed by atoms with Crippen LogP contribution in [0.3, 0.4) is 0 Å². The Morgan fingerprint density at radius 2 is 1.48 bits per heavy atom. The van der Waals surface area contributed by atoms with Crippen LogP contribution in [-0.4, -0.2) is 67.1 Å². The van der Waals surface area contributed by atoms with Crippen LogP contribution >= 0.6 is 11.6 Å². The van der Waals surface area contributed by atoms with Crippen molar-refractivity contribution >= 4 is 46.9 Å². The molecule has 4 amide bonds. The fourth-order valence-electron chi connectivity index (χ4n) is 5.07. The van der Waals surface area contributed by atoms with Gasteiger partial charge in [-0.3, -0.25) is 14.4 Å². The van der Waals surface area contributed by atoms with E-state index >= 15 is 0 Å². The molecule has 3 rings (SSSR count). The van der Waals surface area contributed by atoms with Gasteiger partial charge in [0.15, 0.2) is 11.8 Å². The number of amides is 4. The molecule has 0 aromatic heterocycles. The minimum atomic E-state index is -1.93. The third kappa shape index (κ3) is 9.53. The van der Waals surface area contributed by atoms with Crippen molar-refractivity contribution in [3.05, 3.63) is 58.6 Å². The number of anilines is 1. The molecule has 1 aliphatic heterocycles. The van der Waals surface area contributed by atoms with E-state index in [1.165, 1.54) is 102 Å². The van der Waals surface area contributed by atoms with Gasteiger partial charge in [-0.05, 0) is 55.8 Å². The van der Waals surface area contributed by atoms with Gasteiger partial charge in [-0.2, -0.15) is 0 Å². The maximum Gasteiger partial charge on any atom is 0.338 e. The van der Waals surface area contributed by atoms with E-state index in [0.717, 1.165) is 25.7 Å². The van der Waals surface area contributed by atoms with Gasteiger partial charge in [0.25, 0.3) is 11.8 Å². The molecular formula is C34H44ClN3O8. The van der Waals surface area contributed by atoms with E-state index in [0.29, 0.717) is 10.6 Å². The van der Waals surface area contributed by atoms with Crippen molar-refractivity contribution in [1.82, 2.24) is 10.2 Å². The number of halogens is 1. The first-order chi connectivity index (χ1) is 22.1. The molecule has 2 N–H and O–H groups in total. The van der Waals surface area contributed by atoms with Gasteiger partial charge in [0.05, 0.1) is 30.0 Å². The summed E-state index contributed by atoms with van der Waals surface area (Å²) in [7, 11) is 2.67. The van der Waals surface area contributed by atoms with Gasteiger partial charge in [0.1, 0.15) is 5.75 Å². The lowest BCUT2D eigenvalue weighted by molar-refractivity contribution is -0.148. The average molecular weight is 658 g/mol. The first kappa shape index (κ1) is 36.5. The first-order valence-corrected chi connectivity index (χ1v) is 16.1. The summed E-state index contributed by atoms with van der Waals surface area (Å²) in [5.74, 6) is -2.94. The molecule has 2 aromatic carbocycles. The van der Waals surface area contributed by atoms with Gasteiger partial charge < -0.3 is 24.8 Å². The first-order valence-electron chi connectivity index (χ1n) is 15.7. The Balaban J connectivity index is 1.68. The van der Waals surface area contributed by atoms with Gasteiger partial charge in [0.2, 0.25) is 5.72 Å². The Kier molecular flexibility index (Phi) is 14.0. The summed E-state index contributed by atoms with van der Waals surface area (Å²) in [5, 5.41) is 4.94. The second-order valence-electron chi connectivity index (χ2n) is 11.3. The van der Waals surface area contributed by atoms with Gasteiger partial charge in [-0.25, -0.2) is 14.5 Å². The van der Waals surface area contributed by atoms with Crippen molar-refractivity contribution in [2.24, 2.45) is 0 Å². The van der Waals surface area contributed by atoms with Gasteiger partial charge in [0, 0.05) is 12.7 Å². The number of ether oxygens (including phenoxy) is 3. The zero-order valence-corrected chi connectivity index (χ0v) is 27.7. The maximum atomic E-state index is 13.7. The zero-order valence-electron chi connectivity index (χ0n) is 27.0. The van der Waals surface area contributed by atoms with Crippen LogP contribution in [0.4, 0.5) is 10.5 Å². The predicted octanol–water partition coefficient (Wildman–Crippen LogP) is 6.53. The number of imide groups is 1. The molecule has 0 spiro atoms. The number of nitrogens with one attached hydrogen (secondary N) is 2. The molecule has 0 radical (unpaired) electrons. The number of ketones is 1. The Bertz CT molecular complexity index is 1380. The highest BCUT2D eigenvalue weighted by Gasteiger charge is 2.54. The quantitative estimate of drug-likeness (QED) is 0.0571. The summed E-state index contributed by atoms with van der Waals surface area (Å²) in [5.41, 5.74) is -1.62. The monoisotopic (exact) mass is 657 g/mol. The van der Waals surface area contributed by atoms with Crippen molar-refractivity contribution < 1.29 is 38.2 Å². The van der Waals surface area contributed by atoms with E-state index in [2.05, 4.69) is 17.6 Å². The molecule has 0 saturated carbocycles. The van der Waals surface area contributed by atoms with E-state index in [-0.39, 0.29) is 28.4 Å². The molecule has 2 aromatic rings. The van der Waals surface area contributed by atoms with Crippen molar-refractivity contribution in [1.29, 1.82) is 0 Å². The fourth-order valence-corrected chi connectivity index (χ4v) is 5.23. The van der Waals surface area contributed by atoms with Crippen LogP contribution in [0, 0.1) is 0 Å². The van der Waals surface area contributed by atoms with Crippen molar-refractivity contribution in [3.8, 4) is 5.75 Å². The lowest BCUT2D eigenvalue weighted by Gasteiger charge is -2.25. The third-order valence-electron chi connectivity index (χ3n) is 7.92. The number of hydrogen-bond donors (Lipinski definition) is 2. The van der Waals surface area contributed by atoms with E-state index in [4.69, 9.17) is 25.8 Å². The second-order valence-corrected chi connectivity index (χ2v) is 11.7. The summed E-state index contributed by atoms with van der Waals surface area (Å²) < 4.78 is 15.7. The number of benzene rings is 2. The number of carbonyl (C=O) groups excluding carboxylic acids is 5. The number of methoxy groups -OCH3 is 2. The highest BCUT2D eigenvalue weighted by atomic mass is 35.5. The van der Waals surface area contributed by atoms with E-state index in [9.17, 15) is 24.0 Å². The lowest BCUT2D eigenvalue weighted by atomic mass is 10.0. The molecule has 1 aliphatic rings. The van der Waals surface area contributed by atoms with Crippen LogP contribution < -0.4 is 15.4 Å². The largest absolute Gasteiger partial charge is 0.497 e. The summed E-state index contributed by atoms with van der Waals surface area (Å²) in [4.78, 5) is 66.8. The molecule has 0 aliphatic carbocycles. The Hall–Kier alpha value is -3.96. The predicted molar refractivity (Wildman–Crippen MR) is 174 cm³/mol. The topological polar surface area (TPSA) is 140 Å². The highest BCUT2D eigenvalue weighted by Crippen LogP contribution is 2.27. The standard InChI is InChI=1S/C34H44ClN3O8/c1-5-6-7-8-9-10-11-12-13-14-21-46-31(41)24-17-20-26(35)27(22-24)36-30(40)28(29(39)23-15-18-25(44-3)19-16-23)38-32(42)34(2,45-4)37-33(38)43/h15-20,22,28H,5-14,21H2,1-4H3,(H,36,40)(H,37,43). The normalized spacial score (nSPS) is 16.6. The molecule has 1 heterocycles. The van der Waals surface area contributed by atoms with Crippen molar-refractivity contribution in [2.75, 3.05) is 26.1 Å². The highest BCUT2D eigenvalue weighted by molar-refractivity contribution is 6.34. The summed E-state index contributed by atoms with van der Waals surface area (Å²) in [6.07, 6.45) is 11.5. The van der Waals surface area contributed by atoms with Gasteiger partial charge >= 0.3 is 12.0 Å². The molecule has 1 fully saturated rings. The molecule has 2 atom stereocenters. The molecule has 1 saturated heterocycles. The van der Waals surface area contributed by atoms with E-state index in [1.807, 2.05) is 0 Å². The van der Waals surface area contributed by atoms with Crippen molar-refractivity contribution in [2.45, 2.75) is 89.8 Å². The van der Waals surface area contributed by atoms with Crippen LogP contribution in [0.2, 0.25) is 5.02 Å². The second kappa shape index (κ2) is 17.7. The summed E-state index contributed by atoms with van der Waals surface area (Å²) >= 11 is 6.34. The SMILES string of the molecule is CCCCCCCCCCCCOC(=O)c1ccc(Cl)c(NC(=O)C(C(=O)c2ccc(OC)cc2)N2C(=O)NC(C)(OC)C2=O)c1. The number of esters is 1. The van der Waals surface area contributed by atoms with E-state index in [1.54, 1.807) is 0 Å². The zero-order chi connectivity index (χ0) is 33.7. The molecule has 46 heavy (non-hydrogen) atoms. The van der Waals surface area contributed by atoms with Crippen LogP contribution in [0.15, 0.2) is 42.5 Å². The van der Waals surface area contributed by atoms with Crippen LogP contribution in [-0.2, 0) is 19.1 Å². The molecule has 250 valence electrons. The molecule has 12 heteroatoms. The molecular weight excluding hydrogens is 614 g/mol. The number of rotatable bonds is 19. The summed E-state index contributed by atoms with van der Waals surface area (Å²) in [6, 6.07) is 7.10. The van der Waals surface area contributed by atoms with E-state index < -0.39 is 41.4 Å². The van der Waals surface area contributed by atoms with Gasteiger partial charge in [-0.1, -0.05) is 76.3 Å². The van der Waals surface area contributed by atoms with Crippen molar-refractivity contribution in [3.63, 3.8) is 0 Å². The molecule has 2 unspecified atom stereocenters.